The Morgan fingerprint density at radius 2 is 1.95 bits per heavy atom. The van der Waals surface area contributed by atoms with Crippen LogP contribution >= 0.6 is 0 Å². The maximum atomic E-state index is 12.0. The number of ether oxygens (including phenoxy) is 1. The molecule has 3 aromatic rings. The van der Waals surface area contributed by atoms with Gasteiger partial charge >= 0.3 is 6.09 Å². The van der Waals surface area contributed by atoms with Gasteiger partial charge in [-0.1, -0.05) is 18.2 Å². The second kappa shape index (κ2) is 5.64. The van der Waals surface area contributed by atoms with Crippen LogP contribution in [0.25, 0.3) is 11.2 Å². The SMILES string of the molecule is CN(C)c1nc(OC(=O)Nc2ccccc2)c2n[nH]nc2n1. The number of benzene rings is 1. The zero-order chi connectivity index (χ0) is 15.5. The highest BCUT2D eigenvalue weighted by Crippen LogP contribution is 2.21. The van der Waals surface area contributed by atoms with E-state index in [9.17, 15) is 4.79 Å². The number of nitrogens with zero attached hydrogens (tertiary/aromatic N) is 5. The van der Waals surface area contributed by atoms with Crippen molar-refractivity contribution in [2.45, 2.75) is 0 Å². The molecule has 0 saturated carbocycles. The molecular weight excluding hydrogens is 286 g/mol. The Bertz CT molecular complexity index is 801. The normalized spacial score (nSPS) is 10.5. The largest absolute Gasteiger partial charge is 0.418 e. The number of aromatic amines is 1. The third-order valence-corrected chi connectivity index (χ3v) is 2.75. The Labute approximate surface area is 125 Å². The Morgan fingerprint density at radius 3 is 2.68 bits per heavy atom. The molecule has 0 saturated heterocycles. The summed E-state index contributed by atoms with van der Waals surface area (Å²) in [5, 5.41) is 12.8. The van der Waals surface area contributed by atoms with Gasteiger partial charge in [0.25, 0.3) is 5.88 Å². The van der Waals surface area contributed by atoms with Gasteiger partial charge in [-0.25, -0.2) is 4.79 Å². The van der Waals surface area contributed by atoms with E-state index in [1.807, 2.05) is 6.07 Å². The van der Waals surface area contributed by atoms with Crippen molar-refractivity contribution in [3.63, 3.8) is 0 Å². The number of hydrogen-bond donors (Lipinski definition) is 2. The Hall–Kier alpha value is -3.23. The maximum absolute atomic E-state index is 12.0. The molecule has 1 aromatic carbocycles. The maximum Gasteiger partial charge on any atom is 0.418 e. The number of carbonyl (C=O) groups is 1. The third kappa shape index (κ3) is 2.77. The van der Waals surface area contributed by atoms with Gasteiger partial charge in [-0.05, 0) is 12.1 Å². The van der Waals surface area contributed by atoms with Crippen molar-refractivity contribution in [1.82, 2.24) is 25.4 Å². The van der Waals surface area contributed by atoms with E-state index in [4.69, 9.17) is 4.74 Å². The van der Waals surface area contributed by atoms with Crippen LogP contribution in [0.1, 0.15) is 0 Å². The van der Waals surface area contributed by atoms with Crippen molar-refractivity contribution in [2.75, 3.05) is 24.3 Å². The van der Waals surface area contributed by atoms with Crippen LogP contribution < -0.4 is 15.0 Å². The number of aromatic nitrogens is 5. The molecule has 9 heteroatoms. The molecule has 112 valence electrons. The molecule has 0 atom stereocenters. The first-order valence-electron chi connectivity index (χ1n) is 6.43. The Balaban J connectivity index is 1.86. The number of H-pyrrole nitrogens is 1. The van der Waals surface area contributed by atoms with E-state index < -0.39 is 6.09 Å². The Kier molecular flexibility index (Phi) is 3.52. The standard InChI is InChI=1S/C13H13N7O2/c1-20(2)12-15-10-9(17-19-18-10)11(16-12)22-13(21)14-8-6-4-3-5-7-8/h3-7H,1-2H3,(H,14,21)(H,15,16,17,18,19). The smallest absolute Gasteiger partial charge is 0.388 e. The molecule has 0 fully saturated rings. The summed E-state index contributed by atoms with van der Waals surface area (Å²) >= 11 is 0. The molecule has 0 aliphatic rings. The molecular formula is C13H13N7O2. The molecule has 0 aliphatic heterocycles. The van der Waals surface area contributed by atoms with Gasteiger partial charge < -0.3 is 9.64 Å². The minimum absolute atomic E-state index is 0.0379. The quantitative estimate of drug-likeness (QED) is 0.752. The fourth-order valence-corrected chi connectivity index (χ4v) is 1.73. The number of para-hydroxylation sites is 1. The fraction of sp³-hybridized carbons (Fsp3) is 0.154. The molecule has 3 rings (SSSR count). The van der Waals surface area contributed by atoms with Gasteiger partial charge in [0, 0.05) is 19.8 Å². The van der Waals surface area contributed by atoms with E-state index in [1.54, 1.807) is 43.3 Å². The van der Waals surface area contributed by atoms with E-state index in [0.717, 1.165) is 0 Å². The first-order chi connectivity index (χ1) is 10.6. The number of anilines is 2. The lowest BCUT2D eigenvalue weighted by molar-refractivity contribution is 0.214. The Morgan fingerprint density at radius 1 is 1.18 bits per heavy atom. The van der Waals surface area contributed by atoms with Crippen molar-refractivity contribution in [3.05, 3.63) is 30.3 Å². The summed E-state index contributed by atoms with van der Waals surface area (Å²) in [7, 11) is 3.55. The lowest BCUT2D eigenvalue weighted by atomic mass is 10.3. The molecule has 1 amide bonds. The molecule has 0 aliphatic carbocycles. The first-order valence-corrected chi connectivity index (χ1v) is 6.43. The van der Waals surface area contributed by atoms with Crippen LogP contribution in [-0.2, 0) is 0 Å². The number of fused-ring (bicyclic) bond motifs is 1. The van der Waals surface area contributed by atoms with Gasteiger partial charge in [-0.3, -0.25) is 5.32 Å². The topological polar surface area (TPSA) is 109 Å². The van der Waals surface area contributed by atoms with E-state index in [0.29, 0.717) is 17.3 Å². The van der Waals surface area contributed by atoms with Gasteiger partial charge in [0.2, 0.25) is 11.6 Å². The van der Waals surface area contributed by atoms with Crippen LogP contribution in [0.5, 0.6) is 5.88 Å². The lowest BCUT2D eigenvalue weighted by Gasteiger charge is -2.11. The average molecular weight is 299 g/mol. The van der Waals surface area contributed by atoms with E-state index in [1.165, 1.54) is 0 Å². The summed E-state index contributed by atoms with van der Waals surface area (Å²) in [6.45, 7) is 0. The number of nitrogens with one attached hydrogen (secondary N) is 2. The number of rotatable bonds is 3. The van der Waals surface area contributed by atoms with Gasteiger partial charge in [-0.2, -0.15) is 15.2 Å². The van der Waals surface area contributed by atoms with Crippen LogP contribution in [0, 0.1) is 0 Å². The molecule has 0 spiro atoms. The molecule has 0 radical (unpaired) electrons. The minimum atomic E-state index is -0.668. The van der Waals surface area contributed by atoms with Crippen molar-refractivity contribution < 1.29 is 9.53 Å². The van der Waals surface area contributed by atoms with Gasteiger partial charge in [0.1, 0.15) is 0 Å². The molecule has 2 N–H and O–H groups in total. The van der Waals surface area contributed by atoms with Crippen LogP contribution in [0.4, 0.5) is 16.4 Å². The van der Waals surface area contributed by atoms with E-state index in [2.05, 4.69) is 30.7 Å². The number of carbonyl (C=O) groups excluding carboxylic acids is 1. The number of hydrogen-bond acceptors (Lipinski definition) is 7. The first kappa shape index (κ1) is 13.7. The van der Waals surface area contributed by atoms with E-state index in [-0.39, 0.29) is 11.4 Å². The van der Waals surface area contributed by atoms with Crippen molar-refractivity contribution in [2.24, 2.45) is 0 Å². The van der Waals surface area contributed by atoms with Gasteiger partial charge in [0.05, 0.1) is 0 Å². The highest BCUT2D eigenvalue weighted by molar-refractivity contribution is 5.88. The summed E-state index contributed by atoms with van der Waals surface area (Å²) in [6, 6.07) is 8.96. The molecule has 0 bridgehead atoms. The molecule has 22 heavy (non-hydrogen) atoms. The minimum Gasteiger partial charge on any atom is -0.388 e. The van der Waals surface area contributed by atoms with Crippen molar-refractivity contribution >= 4 is 28.9 Å². The highest BCUT2D eigenvalue weighted by Gasteiger charge is 2.17. The monoisotopic (exact) mass is 299 g/mol. The third-order valence-electron chi connectivity index (χ3n) is 2.75. The molecule has 2 heterocycles. The summed E-state index contributed by atoms with van der Waals surface area (Å²) in [4.78, 5) is 22.0. The predicted octanol–water partition coefficient (Wildman–Crippen LogP) is 1.42. The second-order valence-corrected chi connectivity index (χ2v) is 4.60. The van der Waals surface area contributed by atoms with Crippen LogP contribution in [-0.4, -0.2) is 45.6 Å². The lowest BCUT2D eigenvalue weighted by Crippen LogP contribution is -2.19. The summed E-state index contributed by atoms with van der Waals surface area (Å²) in [6.07, 6.45) is -0.668. The fourth-order valence-electron chi connectivity index (χ4n) is 1.73. The molecule has 9 nitrogen and oxygen atoms in total. The average Bonchev–Trinajstić information content (AvgIpc) is 2.96. The van der Waals surface area contributed by atoms with Crippen LogP contribution in [0.3, 0.4) is 0 Å². The summed E-state index contributed by atoms with van der Waals surface area (Å²) in [5.41, 5.74) is 1.22. The zero-order valence-corrected chi connectivity index (χ0v) is 11.9. The molecule has 0 unspecified atom stereocenters. The summed E-state index contributed by atoms with van der Waals surface area (Å²) < 4.78 is 5.23. The van der Waals surface area contributed by atoms with Crippen molar-refractivity contribution in [3.8, 4) is 5.88 Å². The zero-order valence-electron chi connectivity index (χ0n) is 11.9. The number of amides is 1. The molecule has 2 aromatic heterocycles. The highest BCUT2D eigenvalue weighted by atomic mass is 16.6. The van der Waals surface area contributed by atoms with Crippen LogP contribution in [0.15, 0.2) is 30.3 Å². The van der Waals surface area contributed by atoms with Gasteiger partial charge in [-0.15, -0.1) is 10.2 Å². The predicted molar refractivity (Wildman–Crippen MR) is 79.9 cm³/mol. The van der Waals surface area contributed by atoms with E-state index >= 15 is 0 Å². The summed E-state index contributed by atoms with van der Waals surface area (Å²) in [5.74, 6) is 0.403. The van der Waals surface area contributed by atoms with Crippen LogP contribution in [0.2, 0.25) is 0 Å². The van der Waals surface area contributed by atoms with Crippen molar-refractivity contribution in [1.29, 1.82) is 0 Å². The van der Waals surface area contributed by atoms with Gasteiger partial charge in [0.15, 0.2) is 5.52 Å². The second-order valence-electron chi connectivity index (χ2n) is 4.60.